The molecule has 0 fully saturated rings. The second kappa shape index (κ2) is 55.0. The molecule has 1 amide bonds. The zero-order chi connectivity index (χ0) is 48.8. The molecule has 0 radical (unpaired) electrons. The Kier molecular flexibility index (Phi) is 53.4. The first-order valence-electron chi connectivity index (χ1n) is 29.7. The summed E-state index contributed by atoms with van der Waals surface area (Å²) in [7, 11) is 0. The topological polar surface area (TPSA) is 95.9 Å². The van der Waals surface area contributed by atoms with Crippen molar-refractivity contribution < 1.29 is 24.5 Å². The normalized spacial score (nSPS) is 13.3. The first kappa shape index (κ1) is 65.1. The van der Waals surface area contributed by atoms with E-state index in [9.17, 15) is 19.8 Å². The average molecular weight is 943 g/mol. The summed E-state index contributed by atoms with van der Waals surface area (Å²) in [5, 5.41) is 23.9. The Morgan fingerprint density at radius 2 is 0.761 bits per heavy atom. The molecule has 394 valence electrons. The fourth-order valence-corrected chi connectivity index (χ4v) is 9.18. The van der Waals surface area contributed by atoms with E-state index in [1.54, 1.807) is 0 Å². The van der Waals surface area contributed by atoms with Gasteiger partial charge in [0, 0.05) is 6.42 Å². The van der Waals surface area contributed by atoms with Gasteiger partial charge in [-0.15, -0.1) is 0 Å². The van der Waals surface area contributed by atoms with Gasteiger partial charge in [0.15, 0.2) is 0 Å². The van der Waals surface area contributed by atoms with Crippen molar-refractivity contribution >= 4 is 11.9 Å². The number of carbonyl (C=O) groups excluding carboxylic acids is 2. The number of aliphatic hydroxyl groups is 2. The number of ether oxygens (including phenoxy) is 1. The summed E-state index contributed by atoms with van der Waals surface area (Å²) in [6.45, 7) is 6.50. The lowest BCUT2D eigenvalue weighted by Crippen LogP contribution is -2.46. The van der Waals surface area contributed by atoms with Crippen molar-refractivity contribution in [3.8, 4) is 0 Å². The molecular formula is C61H115NO5. The molecule has 3 unspecified atom stereocenters. The second-order valence-electron chi connectivity index (χ2n) is 20.4. The molecule has 0 aliphatic rings. The molecule has 6 nitrogen and oxygen atoms in total. The molecule has 0 bridgehead atoms. The van der Waals surface area contributed by atoms with Crippen molar-refractivity contribution in [3.63, 3.8) is 0 Å². The molecular weight excluding hydrogens is 827 g/mol. The highest BCUT2D eigenvalue weighted by atomic mass is 16.5. The van der Waals surface area contributed by atoms with Crippen molar-refractivity contribution in [1.29, 1.82) is 0 Å². The molecule has 3 atom stereocenters. The maximum absolute atomic E-state index is 13.3. The van der Waals surface area contributed by atoms with Gasteiger partial charge in [0.2, 0.25) is 5.91 Å². The maximum atomic E-state index is 13.3. The van der Waals surface area contributed by atoms with Gasteiger partial charge < -0.3 is 20.3 Å². The van der Waals surface area contributed by atoms with Crippen molar-refractivity contribution in [2.24, 2.45) is 0 Å². The van der Waals surface area contributed by atoms with Gasteiger partial charge in [-0.05, 0) is 77.0 Å². The highest BCUT2D eigenvalue weighted by molar-refractivity contribution is 5.77. The van der Waals surface area contributed by atoms with Gasteiger partial charge in [0.1, 0.15) is 6.10 Å². The van der Waals surface area contributed by atoms with Gasteiger partial charge in [-0.2, -0.15) is 0 Å². The number of allylic oxidation sites excluding steroid dienone is 6. The first-order valence-corrected chi connectivity index (χ1v) is 29.7. The molecule has 0 spiro atoms. The smallest absolute Gasteiger partial charge is 0.306 e. The van der Waals surface area contributed by atoms with E-state index in [4.69, 9.17) is 4.74 Å². The summed E-state index contributed by atoms with van der Waals surface area (Å²) in [5.74, 6) is -0.491. The van der Waals surface area contributed by atoms with Crippen LogP contribution in [0.3, 0.4) is 0 Å². The maximum Gasteiger partial charge on any atom is 0.306 e. The molecule has 0 aromatic heterocycles. The van der Waals surface area contributed by atoms with Crippen LogP contribution in [0.2, 0.25) is 0 Å². The van der Waals surface area contributed by atoms with E-state index in [1.165, 1.54) is 199 Å². The average Bonchev–Trinajstić information content (AvgIpc) is 3.32. The number of hydrogen-bond acceptors (Lipinski definition) is 5. The van der Waals surface area contributed by atoms with E-state index in [2.05, 4.69) is 62.5 Å². The van der Waals surface area contributed by atoms with E-state index in [0.29, 0.717) is 19.3 Å². The minimum atomic E-state index is -0.795. The summed E-state index contributed by atoms with van der Waals surface area (Å²) < 4.78 is 5.95. The largest absolute Gasteiger partial charge is 0.462 e. The molecule has 0 aromatic rings. The molecule has 0 saturated heterocycles. The molecule has 0 aliphatic heterocycles. The monoisotopic (exact) mass is 942 g/mol. The Balaban J connectivity index is 4.56. The predicted molar refractivity (Wildman–Crippen MR) is 292 cm³/mol. The third-order valence-electron chi connectivity index (χ3n) is 13.7. The van der Waals surface area contributed by atoms with Crippen molar-refractivity contribution in [1.82, 2.24) is 5.32 Å². The Morgan fingerprint density at radius 1 is 0.433 bits per heavy atom. The van der Waals surface area contributed by atoms with Gasteiger partial charge in [-0.25, -0.2) is 0 Å². The van der Waals surface area contributed by atoms with Crippen molar-refractivity contribution in [3.05, 3.63) is 36.5 Å². The van der Waals surface area contributed by atoms with Crippen molar-refractivity contribution in [2.75, 3.05) is 6.61 Å². The highest BCUT2D eigenvalue weighted by Crippen LogP contribution is 2.18. The highest BCUT2D eigenvalue weighted by Gasteiger charge is 2.24. The van der Waals surface area contributed by atoms with E-state index < -0.39 is 18.2 Å². The summed E-state index contributed by atoms with van der Waals surface area (Å²) >= 11 is 0. The van der Waals surface area contributed by atoms with Crippen LogP contribution in [0, 0.1) is 0 Å². The zero-order valence-corrected chi connectivity index (χ0v) is 45.0. The van der Waals surface area contributed by atoms with Gasteiger partial charge in [0.25, 0.3) is 0 Å². The van der Waals surface area contributed by atoms with Gasteiger partial charge in [0.05, 0.1) is 25.2 Å². The summed E-state index contributed by atoms with van der Waals surface area (Å²) in [6.07, 6.45) is 66.4. The quantitative estimate of drug-likeness (QED) is 0.0244. The first-order chi connectivity index (χ1) is 33.0. The number of nitrogens with one attached hydrogen (secondary N) is 1. The van der Waals surface area contributed by atoms with Crippen LogP contribution in [0.15, 0.2) is 36.5 Å². The van der Waals surface area contributed by atoms with E-state index in [0.717, 1.165) is 70.6 Å². The van der Waals surface area contributed by atoms with Gasteiger partial charge in [-0.3, -0.25) is 9.59 Å². The number of hydrogen-bond donors (Lipinski definition) is 3. The third kappa shape index (κ3) is 50.3. The van der Waals surface area contributed by atoms with Gasteiger partial charge >= 0.3 is 5.97 Å². The van der Waals surface area contributed by atoms with Crippen LogP contribution >= 0.6 is 0 Å². The minimum Gasteiger partial charge on any atom is -0.462 e. The summed E-state index contributed by atoms with van der Waals surface area (Å²) in [5.41, 5.74) is 0. The number of amides is 1. The standard InChI is InChI=1S/C61H115NO5/c1-4-7-10-13-16-19-22-25-28-30-33-35-38-41-44-47-50-53-59(64)58(56-63)62-60(65)55-57(52-49-46-43-40-37-34-32-29-26-23-20-17-14-11-8-5-2)67-61(66)54-51-48-45-42-39-36-31-27-24-21-18-15-12-9-6-3/h21,24,29,32,34,37,57-59,63-64H,4-20,22-23,25-28,30-31,33,35-36,38-56H2,1-3H3,(H,62,65)/b24-21-,32-29+,37-34+. The molecule has 0 aliphatic carbocycles. The van der Waals surface area contributed by atoms with E-state index >= 15 is 0 Å². The third-order valence-corrected chi connectivity index (χ3v) is 13.7. The van der Waals surface area contributed by atoms with Crippen LogP contribution in [0.25, 0.3) is 0 Å². The molecule has 0 heterocycles. The van der Waals surface area contributed by atoms with Crippen molar-refractivity contribution in [2.45, 2.75) is 334 Å². The second-order valence-corrected chi connectivity index (χ2v) is 20.4. The van der Waals surface area contributed by atoms with E-state index in [1.807, 2.05) is 0 Å². The molecule has 0 rings (SSSR count). The minimum absolute atomic E-state index is 0.0611. The zero-order valence-electron chi connectivity index (χ0n) is 45.0. The predicted octanol–water partition coefficient (Wildman–Crippen LogP) is 18.4. The Morgan fingerprint density at radius 3 is 1.18 bits per heavy atom. The Bertz CT molecular complexity index is 1100. The molecule has 6 heteroatoms. The fourth-order valence-electron chi connectivity index (χ4n) is 9.18. The number of unbranched alkanes of at least 4 members (excludes halogenated alkanes) is 37. The molecule has 3 N–H and O–H groups in total. The SMILES string of the molecule is CCCCCC/C=C\CCCCCCCCCC(=O)OC(CCCCC/C=C/C=C/CCCCCCCCC)CC(=O)NC(CO)C(O)CCCCCCCCCCCCCCCCCCC. The van der Waals surface area contributed by atoms with Crippen LogP contribution in [0.1, 0.15) is 316 Å². The molecule has 0 saturated carbocycles. The molecule has 0 aromatic carbocycles. The number of rotatable bonds is 54. The van der Waals surface area contributed by atoms with Crippen LogP contribution in [-0.4, -0.2) is 46.9 Å². The van der Waals surface area contributed by atoms with E-state index in [-0.39, 0.29) is 24.9 Å². The number of esters is 1. The van der Waals surface area contributed by atoms with Crippen LogP contribution in [0.5, 0.6) is 0 Å². The lowest BCUT2D eigenvalue weighted by Gasteiger charge is -2.24. The fraction of sp³-hybridized carbons (Fsp3) is 0.869. The summed E-state index contributed by atoms with van der Waals surface area (Å²) in [6, 6.07) is -0.710. The lowest BCUT2D eigenvalue weighted by atomic mass is 10.0. The van der Waals surface area contributed by atoms with Gasteiger partial charge in [-0.1, -0.05) is 263 Å². The Labute approximate surface area is 417 Å². The summed E-state index contributed by atoms with van der Waals surface area (Å²) in [4.78, 5) is 26.3. The number of aliphatic hydroxyl groups excluding tert-OH is 2. The van der Waals surface area contributed by atoms with Crippen LogP contribution in [-0.2, 0) is 14.3 Å². The lowest BCUT2D eigenvalue weighted by molar-refractivity contribution is -0.151. The van der Waals surface area contributed by atoms with Crippen LogP contribution in [0.4, 0.5) is 0 Å². The molecule has 67 heavy (non-hydrogen) atoms. The van der Waals surface area contributed by atoms with Crippen LogP contribution < -0.4 is 5.32 Å². The number of carbonyl (C=O) groups is 2. The Hall–Kier alpha value is -1.92.